The summed E-state index contributed by atoms with van der Waals surface area (Å²) in [5.74, 6) is 1.56. The number of halogens is 1. The molecular weight excluding hydrogens is 621 g/mol. The van der Waals surface area contributed by atoms with E-state index in [1.807, 2.05) is 0 Å². The van der Waals surface area contributed by atoms with Crippen molar-refractivity contribution in [1.82, 2.24) is 19.5 Å². The Morgan fingerprint density at radius 1 is 1.14 bits per heavy atom. The first kappa shape index (κ1) is 32.6. The maximum atomic E-state index is 13.6. The first-order valence-corrected chi connectivity index (χ1v) is 14.5. The van der Waals surface area contributed by atoms with Gasteiger partial charge in [-0.05, 0) is 27.7 Å². The first-order valence-electron chi connectivity index (χ1n) is 12.5. The summed E-state index contributed by atoms with van der Waals surface area (Å²) in [6.45, 7) is 4.14. The number of fused-ring (bicyclic) bond motifs is 2. The number of imidazole rings is 1. The third-order valence-electron chi connectivity index (χ3n) is 6.36. The number of ether oxygens (including phenoxy) is 5. The van der Waals surface area contributed by atoms with Crippen LogP contribution < -0.4 is 5.73 Å². The zero-order chi connectivity index (χ0) is 31.8. The van der Waals surface area contributed by atoms with Crippen LogP contribution in [0, 0.1) is 12.3 Å². The Hall–Kier alpha value is -3.27. The smallest absolute Gasteiger partial charge is 0.432 e. The molecule has 2 aliphatic rings. The Balaban J connectivity index is 1.58. The lowest BCUT2D eigenvalue weighted by atomic mass is 9.92. The summed E-state index contributed by atoms with van der Waals surface area (Å²) in [7, 11) is -4.94. The van der Waals surface area contributed by atoms with E-state index in [9.17, 15) is 24.4 Å². The van der Waals surface area contributed by atoms with Crippen molar-refractivity contribution < 1.29 is 61.6 Å². The molecule has 0 amide bonds. The molecule has 4 rings (SSSR count). The molecule has 0 aromatic carbocycles. The number of aliphatic hydroxyl groups is 2. The van der Waals surface area contributed by atoms with Crippen LogP contribution in [0.2, 0.25) is 0 Å². The molecular formula is C23H29ClN5O13P. The molecule has 2 fully saturated rings. The molecule has 1 aliphatic heterocycles. The third-order valence-corrected chi connectivity index (χ3v) is 8.07. The van der Waals surface area contributed by atoms with Crippen LogP contribution >= 0.6 is 19.4 Å². The number of anilines is 1. The van der Waals surface area contributed by atoms with E-state index in [0.717, 1.165) is 6.33 Å². The molecule has 2 aromatic heterocycles. The van der Waals surface area contributed by atoms with Crippen molar-refractivity contribution in [2.45, 2.75) is 69.0 Å². The average molecular weight is 650 g/mol. The number of aromatic nitrogens is 4. The van der Waals surface area contributed by atoms with E-state index >= 15 is 0 Å². The van der Waals surface area contributed by atoms with Gasteiger partial charge in [-0.25, -0.2) is 38.2 Å². The predicted octanol–water partition coefficient (Wildman–Crippen LogP) is 1.59. The Morgan fingerprint density at radius 3 is 2.23 bits per heavy atom. The predicted molar refractivity (Wildman–Crippen MR) is 142 cm³/mol. The molecule has 2 aromatic rings. The standard InChI is InChI=1S/C23H29ClN5O13P/c1-6-21(32)18(29-9-28-14-15(25)26-8-27-16(14)29)41-22(7-24)17(23(21,22)33)42-43(34,37-10-35-19(30)39-12(2)3)38-11-36-20(31)40-13(4)5/h1,8-9,12-13,17-18,32-33H,7,10-11H2,2-5H3,(H2,25,26,27)/t17?,18-,21+,22-,23+/m1/s1. The van der Waals surface area contributed by atoms with E-state index in [2.05, 4.69) is 20.9 Å². The fourth-order valence-corrected chi connectivity index (χ4v) is 5.96. The van der Waals surface area contributed by atoms with Crippen LogP contribution in [0.1, 0.15) is 33.9 Å². The molecule has 0 bridgehead atoms. The zero-order valence-corrected chi connectivity index (χ0v) is 24.9. The minimum atomic E-state index is -4.94. The monoisotopic (exact) mass is 649 g/mol. The second-order valence-electron chi connectivity index (χ2n) is 9.80. The maximum Gasteiger partial charge on any atom is 0.510 e. The number of rotatable bonds is 12. The molecule has 20 heteroatoms. The van der Waals surface area contributed by atoms with Crippen molar-refractivity contribution in [3.8, 4) is 12.3 Å². The highest BCUT2D eigenvalue weighted by Gasteiger charge is 2.94. The second kappa shape index (κ2) is 12.0. The van der Waals surface area contributed by atoms with Crippen LogP contribution in [0.3, 0.4) is 0 Å². The number of alkyl halides is 1. The van der Waals surface area contributed by atoms with Crippen molar-refractivity contribution in [3.63, 3.8) is 0 Å². The Morgan fingerprint density at radius 2 is 1.72 bits per heavy atom. The van der Waals surface area contributed by atoms with Crippen molar-refractivity contribution in [1.29, 1.82) is 0 Å². The van der Waals surface area contributed by atoms with Gasteiger partial charge in [0.1, 0.15) is 23.5 Å². The van der Waals surface area contributed by atoms with Gasteiger partial charge in [0.2, 0.25) is 19.2 Å². The second-order valence-corrected chi connectivity index (χ2v) is 11.7. The number of phosphoric ester groups is 1. The molecule has 1 saturated carbocycles. The van der Waals surface area contributed by atoms with E-state index in [4.69, 9.17) is 61.0 Å². The molecule has 5 atom stereocenters. The van der Waals surface area contributed by atoms with Gasteiger partial charge in [-0.3, -0.25) is 9.09 Å². The van der Waals surface area contributed by atoms with E-state index < -0.39 is 80.9 Å². The lowest BCUT2D eigenvalue weighted by Gasteiger charge is -2.32. The highest BCUT2D eigenvalue weighted by Crippen LogP contribution is 2.72. The fraction of sp³-hybridized carbons (Fsp3) is 0.609. The minimum absolute atomic E-state index is 0.0253. The van der Waals surface area contributed by atoms with Crippen molar-refractivity contribution in [2.24, 2.45) is 0 Å². The van der Waals surface area contributed by atoms with Gasteiger partial charge in [0.15, 0.2) is 23.3 Å². The SMILES string of the molecule is C#C[C@]1(O)[C@H](n2cnc3c(N)ncnc32)O[C@]2(CCl)C(OP(=O)(OCOC(=O)OC(C)C)OCOC(=O)OC(C)C)[C@@]21O. The van der Waals surface area contributed by atoms with Gasteiger partial charge in [-0.2, -0.15) is 0 Å². The lowest BCUT2D eigenvalue weighted by Crippen LogP contribution is -2.50. The van der Waals surface area contributed by atoms with E-state index in [1.54, 1.807) is 27.7 Å². The van der Waals surface area contributed by atoms with Crippen LogP contribution in [0.15, 0.2) is 12.7 Å². The normalized spacial score (nSPS) is 28.0. The van der Waals surface area contributed by atoms with Gasteiger partial charge >= 0.3 is 20.1 Å². The van der Waals surface area contributed by atoms with E-state index in [0.29, 0.717) is 0 Å². The quantitative estimate of drug-likeness (QED) is 0.0972. The van der Waals surface area contributed by atoms with Crippen LogP contribution in [-0.2, 0) is 41.8 Å². The van der Waals surface area contributed by atoms with E-state index in [1.165, 1.54) is 10.9 Å². The number of terminal acetylenes is 1. The summed E-state index contributed by atoms with van der Waals surface area (Å²) in [5, 5.41) is 23.4. The molecule has 18 nitrogen and oxygen atoms in total. The first-order chi connectivity index (χ1) is 20.2. The summed E-state index contributed by atoms with van der Waals surface area (Å²) in [6, 6.07) is 0. The van der Waals surface area contributed by atoms with Gasteiger partial charge in [0.25, 0.3) is 0 Å². The molecule has 0 radical (unpaired) electrons. The molecule has 0 spiro atoms. The summed E-state index contributed by atoms with van der Waals surface area (Å²) >= 11 is 6.19. The highest BCUT2D eigenvalue weighted by atomic mass is 35.5. The van der Waals surface area contributed by atoms with Crippen molar-refractivity contribution in [2.75, 3.05) is 25.2 Å². The van der Waals surface area contributed by atoms with Crippen LogP contribution in [0.5, 0.6) is 0 Å². The number of carbonyl (C=O) groups is 2. The molecule has 1 unspecified atom stereocenters. The largest absolute Gasteiger partial charge is 0.510 e. The van der Waals surface area contributed by atoms with Gasteiger partial charge < -0.3 is 39.6 Å². The molecule has 3 heterocycles. The molecule has 43 heavy (non-hydrogen) atoms. The Labute approximate surface area is 249 Å². The maximum absolute atomic E-state index is 13.6. The highest BCUT2D eigenvalue weighted by molar-refractivity contribution is 7.48. The number of hydrogen-bond acceptors (Lipinski definition) is 17. The number of phosphoric acid groups is 1. The molecule has 4 N–H and O–H groups in total. The van der Waals surface area contributed by atoms with E-state index in [-0.39, 0.29) is 17.0 Å². The zero-order valence-electron chi connectivity index (χ0n) is 23.2. The fourth-order valence-electron chi connectivity index (χ4n) is 4.41. The number of nitrogens with zero attached hydrogens (tertiary/aromatic N) is 4. The number of hydrogen-bond donors (Lipinski definition) is 3. The summed E-state index contributed by atoms with van der Waals surface area (Å²) in [6.07, 6.45) is 1.27. The lowest BCUT2D eigenvalue weighted by molar-refractivity contribution is -0.143. The van der Waals surface area contributed by atoms with Crippen LogP contribution in [0.25, 0.3) is 11.2 Å². The topological polar surface area (TPSA) is 235 Å². The van der Waals surface area contributed by atoms with Gasteiger partial charge in [0, 0.05) is 0 Å². The van der Waals surface area contributed by atoms with Gasteiger partial charge in [-0.1, -0.05) is 5.92 Å². The average Bonchev–Trinajstić information content (AvgIpc) is 3.17. The molecule has 1 saturated heterocycles. The minimum Gasteiger partial charge on any atom is -0.432 e. The van der Waals surface area contributed by atoms with Gasteiger partial charge in [-0.15, -0.1) is 18.0 Å². The molecule has 1 aliphatic carbocycles. The third kappa shape index (κ3) is 5.70. The number of carbonyl (C=O) groups excluding carboxylic acids is 2. The van der Waals surface area contributed by atoms with Crippen molar-refractivity contribution >= 4 is 48.7 Å². The summed E-state index contributed by atoms with van der Waals surface area (Å²) in [4.78, 5) is 35.5. The molecule has 236 valence electrons. The number of nitrogens with two attached hydrogens (primary N) is 1. The van der Waals surface area contributed by atoms with Crippen LogP contribution in [0.4, 0.5) is 15.4 Å². The number of nitrogen functional groups attached to an aromatic ring is 1. The Kier molecular flexibility index (Phi) is 9.12. The van der Waals surface area contributed by atoms with Crippen LogP contribution in [-0.4, -0.2) is 96.6 Å². The Bertz CT molecular complexity index is 1440. The summed E-state index contributed by atoms with van der Waals surface area (Å²) in [5.41, 5.74) is -1.05. The summed E-state index contributed by atoms with van der Waals surface area (Å²) < 4.78 is 55.3. The van der Waals surface area contributed by atoms with Crippen molar-refractivity contribution in [3.05, 3.63) is 12.7 Å². The van der Waals surface area contributed by atoms with Gasteiger partial charge in [0.05, 0.1) is 24.4 Å².